The molecule has 5 heteroatoms. The topological polar surface area (TPSA) is 69.1 Å². The Kier molecular flexibility index (Phi) is 3.85. The van der Waals surface area contributed by atoms with E-state index in [2.05, 4.69) is 0 Å². The van der Waals surface area contributed by atoms with Gasteiger partial charge in [-0.25, -0.2) is 4.39 Å². The molecule has 0 heterocycles. The molecule has 1 aromatic rings. The van der Waals surface area contributed by atoms with Crippen LogP contribution in [0, 0.1) is 5.82 Å². The Bertz CT molecular complexity index is 370. The first-order valence-corrected chi connectivity index (χ1v) is 4.87. The van der Waals surface area contributed by atoms with E-state index in [1.807, 2.05) is 6.82 Å². The third-order valence-electron chi connectivity index (χ3n) is 2.43. The number of benzene rings is 1. The highest BCUT2D eigenvalue weighted by Gasteiger charge is 2.19. The van der Waals surface area contributed by atoms with Crippen LogP contribution in [-0.2, 0) is 4.79 Å². The molecule has 0 saturated carbocycles. The van der Waals surface area contributed by atoms with Crippen LogP contribution in [0.15, 0.2) is 18.2 Å². The van der Waals surface area contributed by atoms with Gasteiger partial charge in [-0.15, -0.1) is 0 Å². The maximum Gasteiger partial charge on any atom is 0.226 e. The molecule has 0 aliphatic heterocycles. The molecule has 0 aliphatic carbocycles. The van der Waals surface area contributed by atoms with Crippen molar-refractivity contribution in [2.45, 2.75) is 12.7 Å². The number of primary amides is 1. The van der Waals surface area contributed by atoms with Crippen LogP contribution in [0.2, 0.25) is 6.82 Å². The molecule has 80 valence electrons. The van der Waals surface area contributed by atoms with Crippen molar-refractivity contribution in [3.05, 3.63) is 29.6 Å². The molecule has 15 heavy (non-hydrogen) atoms. The highest BCUT2D eigenvalue weighted by atomic mass is 19.1. The first-order valence-electron chi connectivity index (χ1n) is 4.87. The summed E-state index contributed by atoms with van der Waals surface area (Å²) < 4.78 is 13.6. The Hall–Kier alpha value is -1.36. The van der Waals surface area contributed by atoms with Crippen molar-refractivity contribution in [1.29, 1.82) is 0 Å². The first-order chi connectivity index (χ1) is 7.10. The van der Waals surface area contributed by atoms with Gasteiger partial charge in [0.15, 0.2) is 7.28 Å². The fourth-order valence-electron chi connectivity index (χ4n) is 1.47. The molecule has 0 aliphatic rings. The van der Waals surface area contributed by atoms with Crippen molar-refractivity contribution < 1.29 is 9.18 Å². The van der Waals surface area contributed by atoms with E-state index in [9.17, 15) is 9.18 Å². The van der Waals surface area contributed by atoms with Crippen LogP contribution < -0.4 is 16.9 Å². The zero-order valence-corrected chi connectivity index (χ0v) is 8.66. The Labute approximate surface area is 88.9 Å². The van der Waals surface area contributed by atoms with E-state index < -0.39 is 17.6 Å². The van der Waals surface area contributed by atoms with Crippen molar-refractivity contribution in [2.75, 3.05) is 6.54 Å². The molecule has 0 unspecified atom stereocenters. The number of carbonyl (C=O) groups excluding carboxylic acids is 1. The van der Waals surface area contributed by atoms with Crippen molar-refractivity contribution in [2.24, 2.45) is 11.5 Å². The van der Waals surface area contributed by atoms with Gasteiger partial charge in [0.2, 0.25) is 5.91 Å². The Morgan fingerprint density at radius 3 is 2.67 bits per heavy atom. The van der Waals surface area contributed by atoms with Crippen LogP contribution in [0.25, 0.3) is 0 Å². The SMILES string of the molecule is CBc1ccc([C@@H](CN)C(N)=O)c(F)c1. The maximum atomic E-state index is 13.6. The molecule has 3 nitrogen and oxygen atoms in total. The summed E-state index contributed by atoms with van der Waals surface area (Å²) in [7, 11) is 0.751. The predicted molar refractivity (Wildman–Crippen MR) is 60.0 cm³/mol. The fourth-order valence-corrected chi connectivity index (χ4v) is 1.47. The second-order valence-corrected chi connectivity index (χ2v) is 3.40. The minimum absolute atomic E-state index is 0.0255. The molecule has 0 spiro atoms. The fraction of sp³-hybridized carbons (Fsp3) is 0.300. The number of carbonyl (C=O) groups is 1. The van der Waals surface area contributed by atoms with Gasteiger partial charge in [0.25, 0.3) is 0 Å². The smallest absolute Gasteiger partial charge is 0.226 e. The minimum atomic E-state index is -0.740. The van der Waals surface area contributed by atoms with Crippen molar-refractivity contribution in [3.63, 3.8) is 0 Å². The van der Waals surface area contributed by atoms with Crippen LogP contribution in [0.1, 0.15) is 11.5 Å². The second kappa shape index (κ2) is 4.93. The quantitative estimate of drug-likeness (QED) is 0.652. The largest absolute Gasteiger partial charge is 0.369 e. The van der Waals surface area contributed by atoms with Gasteiger partial charge in [-0.1, -0.05) is 24.4 Å². The van der Waals surface area contributed by atoms with Gasteiger partial charge in [0.1, 0.15) is 5.82 Å². The third kappa shape index (κ3) is 2.56. The lowest BCUT2D eigenvalue weighted by molar-refractivity contribution is -0.119. The van der Waals surface area contributed by atoms with Gasteiger partial charge in [0, 0.05) is 12.1 Å². The molecule has 1 amide bonds. The summed E-state index contributed by atoms with van der Waals surface area (Å²) in [5.41, 5.74) is 11.7. The molecule has 1 rings (SSSR count). The molecule has 0 fully saturated rings. The van der Waals surface area contributed by atoms with Crippen LogP contribution in [0.4, 0.5) is 4.39 Å². The zero-order valence-electron chi connectivity index (χ0n) is 8.66. The number of amides is 1. The number of nitrogens with two attached hydrogens (primary N) is 2. The average Bonchev–Trinajstić information content (AvgIpc) is 2.20. The van der Waals surface area contributed by atoms with Gasteiger partial charge in [-0.05, 0) is 6.07 Å². The summed E-state index contributed by atoms with van der Waals surface area (Å²) in [5, 5.41) is 0. The van der Waals surface area contributed by atoms with Crippen LogP contribution in [0.3, 0.4) is 0 Å². The van der Waals surface area contributed by atoms with Crippen molar-refractivity contribution >= 4 is 18.6 Å². The van der Waals surface area contributed by atoms with E-state index in [0.717, 1.165) is 12.7 Å². The van der Waals surface area contributed by atoms with Gasteiger partial charge in [-0.2, -0.15) is 0 Å². The highest BCUT2D eigenvalue weighted by Crippen LogP contribution is 2.16. The van der Waals surface area contributed by atoms with E-state index in [1.165, 1.54) is 6.07 Å². The summed E-state index contributed by atoms with van der Waals surface area (Å²) in [6, 6.07) is 4.78. The molecule has 1 atom stereocenters. The van der Waals surface area contributed by atoms with Gasteiger partial charge < -0.3 is 11.5 Å². The Morgan fingerprint density at radius 2 is 2.27 bits per heavy atom. The summed E-state index contributed by atoms with van der Waals surface area (Å²) in [5.74, 6) is -1.75. The summed E-state index contributed by atoms with van der Waals surface area (Å²) >= 11 is 0. The third-order valence-corrected chi connectivity index (χ3v) is 2.43. The second-order valence-electron chi connectivity index (χ2n) is 3.40. The lowest BCUT2D eigenvalue weighted by Gasteiger charge is -2.12. The molecule has 0 bridgehead atoms. The number of rotatable bonds is 4. The molecule has 4 N–H and O–H groups in total. The number of halogens is 1. The lowest BCUT2D eigenvalue weighted by Crippen LogP contribution is -2.29. The van der Waals surface area contributed by atoms with Gasteiger partial charge >= 0.3 is 0 Å². The van der Waals surface area contributed by atoms with Crippen molar-refractivity contribution in [1.82, 2.24) is 0 Å². The molecular weight excluding hydrogens is 194 g/mol. The molecular formula is C10H14BFN2O. The molecule has 0 saturated heterocycles. The normalized spacial score (nSPS) is 12.2. The summed E-state index contributed by atoms with van der Waals surface area (Å²) in [4.78, 5) is 11.0. The summed E-state index contributed by atoms with van der Waals surface area (Å²) in [6.07, 6.45) is 0. The van der Waals surface area contributed by atoms with E-state index >= 15 is 0 Å². The number of hydrogen-bond acceptors (Lipinski definition) is 2. The lowest BCUT2D eigenvalue weighted by atomic mass is 9.73. The van der Waals surface area contributed by atoms with Crippen LogP contribution in [-0.4, -0.2) is 19.7 Å². The number of hydrogen-bond donors (Lipinski definition) is 2. The standard InChI is InChI=1S/C10H14BFN2O/c1-11-6-2-3-7(9(12)4-6)8(5-13)10(14)15/h2-4,8,11H,5,13H2,1H3,(H2,14,15)/t8-/m1/s1. The van der Waals surface area contributed by atoms with Crippen LogP contribution >= 0.6 is 0 Å². The highest BCUT2D eigenvalue weighted by molar-refractivity contribution is 6.51. The Morgan fingerprint density at radius 1 is 1.60 bits per heavy atom. The molecule has 0 aromatic heterocycles. The monoisotopic (exact) mass is 208 g/mol. The van der Waals surface area contributed by atoms with Gasteiger partial charge in [0.05, 0.1) is 5.92 Å². The van der Waals surface area contributed by atoms with E-state index in [1.54, 1.807) is 12.1 Å². The zero-order chi connectivity index (χ0) is 11.4. The molecule has 0 radical (unpaired) electrons. The molecule has 1 aromatic carbocycles. The van der Waals surface area contributed by atoms with E-state index in [-0.39, 0.29) is 12.1 Å². The maximum absolute atomic E-state index is 13.6. The van der Waals surface area contributed by atoms with E-state index in [0.29, 0.717) is 0 Å². The predicted octanol–water partition coefficient (Wildman–Crippen LogP) is -0.537. The Balaban J connectivity index is 3.08. The van der Waals surface area contributed by atoms with E-state index in [4.69, 9.17) is 11.5 Å². The van der Waals surface area contributed by atoms with Crippen LogP contribution in [0.5, 0.6) is 0 Å². The minimum Gasteiger partial charge on any atom is -0.369 e. The summed E-state index contributed by atoms with van der Waals surface area (Å²) in [6.45, 7) is 1.96. The van der Waals surface area contributed by atoms with Crippen molar-refractivity contribution in [3.8, 4) is 0 Å². The van der Waals surface area contributed by atoms with Gasteiger partial charge in [-0.3, -0.25) is 4.79 Å². The average molecular weight is 208 g/mol. The first kappa shape index (κ1) is 11.7.